The fourth-order valence-electron chi connectivity index (χ4n) is 5.79. The van der Waals surface area contributed by atoms with E-state index in [4.69, 9.17) is 9.47 Å². The molecule has 1 atom stereocenters. The first kappa shape index (κ1) is 21.0. The van der Waals surface area contributed by atoms with Gasteiger partial charge < -0.3 is 9.47 Å². The Hall–Kier alpha value is -1.88. The average molecular weight is 421 g/mol. The second-order valence-electron chi connectivity index (χ2n) is 9.60. The summed E-state index contributed by atoms with van der Waals surface area (Å²) in [4.78, 5) is 5.40. The average Bonchev–Trinajstić information content (AvgIpc) is 3.44. The van der Waals surface area contributed by atoms with Crippen LogP contribution in [0.1, 0.15) is 35.1 Å². The van der Waals surface area contributed by atoms with E-state index in [1.165, 1.54) is 49.9 Å². The van der Waals surface area contributed by atoms with E-state index in [-0.39, 0.29) is 0 Å². The molecule has 2 aromatic carbocycles. The minimum atomic E-state index is 0.698. The summed E-state index contributed by atoms with van der Waals surface area (Å²) in [5.74, 6) is 1.82. The fourth-order valence-corrected chi connectivity index (χ4v) is 5.79. The summed E-state index contributed by atoms with van der Waals surface area (Å²) in [7, 11) is 1.81. The van der Waals surface area contributed by atoms with Gasteiger partial charge in [-0.2, -0.15) is 0 Å². The Morgan fingerprint density at radius 1 is 1.10 bits per heavy atom. The summed E-state index contributed by atoms with van der Waals surface area (Å²) < 4.78 is 11.1. The first-order chi connectivity index (χ1) is 15.3. The summed E-state index contributed by atoms with van der Waals surface area (Å²) in [5.41, 5.74) is 5.90. The van der Waals surface area contributed by atoms with Gasteiger partial charge in [-0.05, 0) is 66.5 Å². The summed E-state index contributed by atoms with van der Waals surface area (Å²) in [6, 6.07) is 16.5. The normalized spacial score (nSPS) is 21.3. The molecule has 166 valence electrons. The van der Waals surface area contributed by atoms with Crippen LogP contribution in [0.5, 0.6) is 5.75 Å². The van der Waals surface area contributed by atoms with E-state index in [1.54, 1.807) is 11.1 Å². The number of nitrogens with zero attached hydrogens (tertiary/aromatic N) is 2. The molecule has 0 spiro atoms. The molecule has 5 rings (SSSR count). The van der Waals surface area contributed by atoms with Crippen LogP contribution in [0.15, 0.2) is 42.5 Å². The van der Waals surface area contributed by atoms with Crippen LogP contribution >= 0.6 is 0 Å². The Labute approximate surface area is 187 Å². The van der Waals surface area contributed by atoms with E-state index in [1.807, 2.05) is 7.11 Å². The standard InChI is InChI=1S/C27H36N2O2/c1-30-14-12-28(18-21-8-9-27-25(15-21)10-13-31-27)19-22-5-4-11-29(20-22)26-16-23-6-2-3-7-24(23)17-26/h2-3,6-9,15,22,26H,4-5,10-14,16-20H2,1H3. The van der Waals surface area contributed by atoms with Gasteiger partial charge in [0.15, 0.2) is 0 Å². The van der Waals surface area contributed by atoms with Crippen LogP contribution in [-0.4, -0.2) is 62.3 Å². The summed E-state index contributed by atoms with van der Waals surface area (Å²) >= 11 is 0. The van der Waals surface area contributed by atoms with Crippen LogP contribution in [0, 0.1) is 5.92 Å². The van der Waals surface area contributed by atoms with Gasteiger partial charge in [0.1, 0.15) is 5.75 Å². The first-order valence-corrected chi connectivity index (χ1v) is 12.0. The maximum atomic E-state index is 5.69. The second-order valence-corrected chi connectivity index (χ2v) is 9.60. The van der Waals surface area contributed by atoms with E-state index in [0.29, 0.717) is 6.04 Å². The predicted molar refractivity (Wildman–Crippen MR) is 125 cm³/mol. The van der Waals surface area contributed by atoms with Crippen molar-refractivity contribution in [1.82, 2.24) is 9.80 Å². The van der Waals surface area contributed by atoms with Crippen molar-refractivity contribution in [3.05, 3.63) is 64.7 Å². The molecule has 0 saturated carbocycles. The number of fused-ring (bicyclic) bond motifs is 2. The molecular weight excluding hydrogens is 384 g/mol. The maximum Gasteiger partial charge on any atom is 0.122 e. The van der Waals surface area contributed by atoms with E-state index in [2.05, 4.69) is 52.3 Å². The fraction of sp³-hybridized carbons (Fsp3) is 0.556. The lowest BCUT2D eigenvalue weighted by molar-refractivity contribution is 0.0843. The van der Waals surface area contributed by atoms with Crippen LogP contribution in [0.25, 0.3) is 0 Å². The molecule has 2 aliphatic heterocycles. The lowest BCUT2D eigenvalue weighted by atomic mass is 9.95. The van der Waals surface area contributed by atoms with Crippen molar-refractivity contribution < 1.29 is 9.47 Å². The van der Waals surface area contributed by atoms with Crippen molar-refractivity contribution in [2.24, 2.45) is 5.92 Å². The molecule has 1 saturated heterocycles. The Kier molecular flexibility index (Phi) is 6.58. The SMILES string of the molecule is COCCN(Cc1ccc2c(c1)CCO2)CC1CCCN(C2Cc3ccccc3C2)C1. The predicted octanol–water partition coefficient (Wildman–Crippen LogP) is 3.95. The molecule has 2 aromatic rings. The minimum Gasteiger partial charge on any atom is -0.493 e. The van der Waals surface area contributed by atoms with E-state index in [0.717, 1.165) is 50.9 Å². The number of rotatable bonds is 8. The molecule has 0 amide bonds. The molecule has 4 nitrogen and oxygen atoms in total. The Morgan fingerprint density at radius 3 is 2.74 bits per heavy atom. The number of ether oxygens (including phenoxy) is 2. The number of piperidine rings is 1. The van der Waals surface area contributed by atoms with Crippen molar-refractivity contribution >= 4 is 0 Å². The lowest BCUT2D eigenvalue weighted by Gasteiger charge is -2.39. The van der Waals surface area contributed by atoms with Crippen molar-refractivity contribution in [1.29, 1.82) is 0 Å². The van der Waals surface area contributed by atoms with Crippen LogP contribution in [0.2, 0.25) is 0 Å². The lowest BCUT2D eigenvalue weighted by Crippen LogP contribution is -2.46. The van der Waals surface area contributed by atoms with Gasteiger partial charge >= 0.3 is 0 Å². The summed E-state index contributed by atoms with van der Waals surface area (Å²) in [6.07, 6.45) is 6.17. The van der Waals surface area contributed by atoms with E-state index >= 15 is 0 Å². The molecule has 0 radical (unpaired) electrons. The van der Waals surface area contributed by atoms with Gasteiger partial charge in [0.2, 0.25) is 0 Å². The van der Waals surface area contributed by atoms with Gasteiger partial charge in [0, 0.05) is 45.8 Å². The van der Waals surface area contributed by atoms with Crippen LogP contribution in [-0.2, 0) is 30.5 Å². The number of hydrogen-bond acceptors (Lipinski definition) is 4. The second kappa shape index (κ2) is 9.72. The van der Waals surface area contributed by atoms with Crippen molar-refractivity contribution in [3.8, 4) is 5.75 Å². The van der Waals surface area contributed by atoms with E-state index in [9.17, 15) is 0 Å². The molecule has 1 aliphatic carbocycles. The zero-order valence-corrected chi connectivity index (χ0v) is 18.9. The molecule has 0 N–H and O–H groups in total. The zero-order chi connectivity index (χ0) is 21.0. The molecule has 1 unspecified atom stereocenters. The molecule has 1 fully saturated rings. The molecule has 3 aliphatic rings. The van der Waals surface area contributed by atoms with Crippen LogP contribution in [0.4, 0.5) is 0 Å². The highest BCUT2D eigenvalue weighted by Gasteiger charge is 2.31. The van der Waals surface area contributed by atoms with Crippen LogP contribution < -0.4 is 4.74 Å². The van der Waals surface area contributed by atoms with Crippen molar-refractivity contribution in [3.63, 3.8) is 0 Å². The van der Waals surface area contributed by atoms with Crippen LogP contribution in [0.3, 0.4) is 0 Å². The molecule has 4 heteroatoms. The van der Waals surface area contributed by atoms with Gasteiger partial charge in [0.25, 0.3) is 0 Å². The van der Waals surface area contributed by atoms with Gasteiger partial charge in [-0.25, -0.2) is 0 Å². The highest BCUT2D eigenvalue weighted by atomic mass is 16.5. The van der Waals surface area contributed by atoms with Gasteiger partial charge in [0.05, 0.1) is 13.2 Å². The smallest absolute Gasteiger partial charge is 0.122 e. The highest BCUT2D eigenvalue weighted by Crippen LogP contribution is 2.30. The van der Waals surface area contributed by atoms with Crippen molar-refractivity contribution in [2.45, 2.75) is 44.7 Å². The largest absolute Gasteiger partial charge is 0.493 e. The van der Waals surface area contributed by atoms with Gasteiger partial charge in [-0.3, -0.25) is 9.80 Å². The third kappa shape index (κ3) is 4.97. The molecule has 2 heterocycles. The number of methoxy groups -OCH3 is 1. The number of benzene rings is 2. The summed E-state index contributed by atoms with van der Waals surface area (Å²) in [5, 5.41) is 0. The maximum absolute atomic E-state index is 5.69. The number of hydrogen-bond donors (Lipinski definition) is 0. The monoisotopic (exact) mass is 420 g/mol. The molecular formula is C27H36N2O2. The van der Waals surface area contributed by atoms with Gasteiger partial charge in [-0.1, -0.05) is 36.4 Å². The number of likely N-dealkylation sites (tertiary alicyclic amines) is 1. The first-order valence-electron chi connectivity index (χ1n) is 12.0. The quantitative estimate of drug-likeness (QED) is 0.646. The molecule has 0 bridgehead atoms. The Bertz CT molecular complexity index is 858. The third-order valence-electron chi connectivity index (χ3n) is 7.38. The van der Waals surface area contributed by atoms with Gasteiger partial charge in [-0.15, -0.1) is 0 Å². The third-order valence-corrected chi connectivity index (χ3v) is 7.38. The topological polar surface area (TPSA) is 24.9 Å². The highest BCUT2D eigenvalue weighted by molar-refractivity contribution is 5.39. The Balaban J connectivity index is 1.20. The molecule has 0 aromatic heterocycles. The minimum absolute atomic E-state index is 0.698. The Morgan fingerprint density at radius 2 is 1.94 bits per heavy atom. The molecule has 31 heavy (non-hydrogen) atoms. The summed E-state index contributed by atoms with van der Waals surface area (Å²) in [6.45, 7) is 7.28. The zero-order valence-electron chi connectivity index (χ0n) is 18.9. The van der Waals surface area contributed by atoms with E-state index < -0.39 is 0 Å². The van der Waals surface area contributed by atoms with Crippen molar-refractivity contribution in [2.75, 3.05) is 46.5 Å².